The molecule has 0 bridgehead atoms. The molecule has 1 aliphatic heterocycles. The number of aromatic nitrogens is 1. The van der Waals surface area contributed by atoms with Crippen LogP contribution in [0.1, 0.15) is 29.3 Å². The van der Waals surface area contributed by atoms with Crippen LogP contribution in [-0.4, -0.2) is 47.5 Å². The van der Waals surface area contributed by atoms with Crippen LogP contribution in [0.2, 0.25) is 10.0 Å². The molecule has 0 saturated carbocycles. The van der Waals surface area contributed by atoms with Crippen LogP contribution >= 0.6 is 23.2 Å². The molecule has 1 N–H and O–H groups in total. The molecular formula is C21H21Cl2N3O3. The molecule has 1 aromatic heterocycles. The van der Waals surface area contributed by atoms with Crippen LogP contribution in [-0.2, 0) is 9.53 Å². The number of amides is 1. The van der Waals surface area contributed by atoms with Crippen LogP contribution < -0.4 is 5.32 Å². The zero-order valence-electron chi connectivity index (χ0n) is 15.9. The van der Waals surface area contributed by atoms with Gasteiger partial charge in [0.25, 0.3) is 5.91 Å². The maximum absolute atomic E-state index is 12.6. The van der Waals surface area contributed by atoms with Gasteiger partial charge in [-0.15, -0.1) is 0 Å². The Kier molecular flexibility index (Phi) is 7.12. The molecule has 1 atom stereocenters. The van der Waals surface area contributed by atoms with Crippen LogP contribution in [0.4, 0.5) is 5.82 Å². The molecule has 6 nitrogen and oxygen atoms in total. The smallest absolute Gasteiger partial charge is 0.330 e. The number of ether oxygens (including phenoxy) is 1. The second-order valence-corrected chi connectivity index (χ2v) is 7.42. The van der Waals surface area contributed by atoms with Gasteiger partial charge in [0, 0.05) is 42.0 Å². The molecule has 1 amide bonds. The Balaban J connectivity index is 1.59. The van der Waals surface area contributed by atoms with E-state index in [0.29, 0.717) is 46.7 Å². The van der Waals surface area contributed by atoms with Gasteiger partial charge in [-0.05, 0) is 49.2 Å². The summed E-state index contributed by atoms with van der Waals surface area (Å²) in [4.78, 5) is 30.1. The number of rotatable bonds is 6. The van der Waals surface area contributed by atoms with Crippen molar-refractivity contribution in [3.63, 3.8) is 0 Å². The summed E-state index contributed by atoms with van der Waals surface area (Å²) in [6.07, 6.45) is 5.34. The predicted octanol–water partition coefficient (Wildman–Crippen LogP) is 4.29. The first kappa shape index (κ1) is 21.1. The lowest BCUT2D eigenvalue weighted by molar-refractivity contribution is -0.137. The Morgan fingerprint density at radius 1 is 1.34 bits per heavy atom. The van der Waals surface area contributed by atoms with Gasteiger partial charge in [-0.1, -0.05) is 29.3 Å². The van der Waals surface area contributed by atoms with Crippen LogP contribution in [0.25, 0.3) is 6.08 Å². The first-order chi connectivity index (χ1) is 14.0. The topological polar surface area (TPSA) is 71.5 Å². The SMILES string of the molecule is CCOC(=O)/C=C/c1cnc(N[C@@H]2CCN(C(=O)c3cccc(Cl)c3)C2)c(Cl)c1. The summed E-state index contributed by atoms with van der Waals surface area (Å²) < 4.78 is 4.84. The van der Waals surface area contributed by atoms with Crippen LogP contribution in [0.5, 0.6) is 0 Å². The standard InChI is InChI=1S/C21H21Cl2N3O3/c1-2-29-19(27)7-6-14-10-18(23)20(24-12-14)25-17-8-9-26(13-17)21(28)15-4-3-5-16(22)11-15/h3-7,10-12,17H,2,8-9,13H2,1H3,(H,24,25)/b7-6+/t17-/m1/s1. The van der Waals surface area contributed by atoms with Gasteiger partial charge < -0.3 is 15.0 Å². The van der Waals surface area contributed by atoms with Crippen molar-refractivity contribution in [1.82, 2.24) is 9.88 Å². The number of carbonyl (C=O) groups excluding carboxylic acids is 2. The number of nitrogens with one attached hydrogen (secondary N) is 1. The van der Waals surface area contributed by atoms with E-state index < -0.39 is 5.97 Å². The highest BCUT2D eigenvalue weighted by molar-refractivity contribution is 6.33. The van der Waals surface area contributed by atoms with Gasteiger partial charge in [0.2, 0.25) is 0 Å². The summed E-state index contributed by atoms with van der Waals surface area (Å²) in [6.45, 7) is 3.26. The first-order valence-corrected chi connectivity index (χ1v) is 10.0. The van der Waals surface area contributed by atoms with Crippen LogP contribution in [0.15, 0.2) is 42.6 Å². The summed E-state index contributed by atoms with van der Waals surface area (Å²) >= 11 is 12.3. The molecule has 0 spiro atoms. The average molecular weight is 434 g/mol. The summed E-state index contributed by atoms with van der Waals surface area (Å²) in [7, 11) is 0. The van der Waals surface area contributed by atoms with Crippen LogP contribution in [0, 0.1) is 0 Å². The Labute approximate surface area is 179 Å². The fourth-order valence-corrected chi connectivity index (χ4v) is 3.48. The van der Waals surface area contributed by atoms with Gasteiger partial charge >= 0.3 is 5.97 Å². The molecule has 0 unspecified atom stereocenters. The van der Waals surface area contributed by atoms with E-state index >= 15 is 0 Å². The van der Waals surface area contributed by atoms with Gasteiger partial charge in [0.1, 0.15) is 5.82 Å². The third-order valence-corrected chi connectivity index (χ3v) is 4.97. The number of hydrogen-bond acceptors (Lipinski definition) is 5. The number of carbonyl (C=O) groups is 2. The maximum Gasteiger partial charge on any atom is 0.330 e. The van der Waals surface area contributed by atoms with Gasteiger partial charge in [0.15, 0.2) is 0 Å². The molecule has 1 fully saturated rings. The Hall–Kier alpha value is -2.57. The van der Waals surface area contributed by atoms with Crippen molar-refractivity contribution in [1.29, 1.82) is 0 Å². The van der Waals surface area contributed by atoms with Crippen molar-refractivity contribution in [2.75, 3.05) is 25.0 Å². The number of benzene rings is 1. The largest absolute Gasteiger partial charge is 0.463 e. The molecule has 8 heteroatoms. The lowest BCUT2D eigenvalue weighted by Crippen LogP contribution is -2.31. The third-order valence-electron chi connectivity index (χ3n) is 4.45. The highest BCUT2D eigenvalue weighted by atomic mass is 35.5. The molecule has 29 heavy (non-hydrogen) atoms. The maximum atomic E-state index is 12.6. The summed E-state index contributed by atoms with van der Waals surface area (Å²) in [5.41, 5.74) is 1.27. The second kappa shape index (κ2) is 9.76. The second-order valence-electron chi connectivity index (χ2n) is 6.58. The highest BCUT2D eigenvalue weighted by Crippen LogP contribution is 2.24. The number of halogens is 2. The van der Waals surface area contributed by atoms with Crippen LogP contribution in [0.3, 0.4) is 0 Å². The molecular weight excluding hydrogens is 413 g/mol. The fraction of sp³-hybridized carbons (Fsp3) is 0.286. The Morgan fingerprint density at radius 3 is 2.90 bits per heavy atom. The van der Waals surface area contributed by atoms with Crippen molar-refractivity contribution in [3.05, 3.63) is 63.8 Å². The minimum absolute atomic E-state index is 0.0454. The number of esters is 1. The van der Waals surface area contributed by atoms with Gasteiger partial charge in [-0.2, -0.15) is 0 Å². The zero-order chi connectivity index (χ0) is 20.8. The lowest BCUT2D eigenvalue weighted by atomic mass is 10.2. The predicted molar refractivity (Wildman–Crippen MR) is 114 cm³/mol. The van der Waals surface area contributed by atoms with E-state index in [4.69, 9.17) is 27.9 Å². The number of pyridine rings is 1. The van der Waals surface area contributed by atoms with Gasteiger partial charge in [-0.3, -0.25) is 4.79 Å². The molecule has 2 aromatic rings. The zero-order valence-corrected chi connectivity index (χ0v) is 17.4. The van der Waals surface area contributed by atoms with Gasteiger partial charge in [0.05, 0.1) is 11.6 Å². The molecule has 152 valence electrons. The molecule has 2 heterocycles. The van der Waals surface area contributed by atoms with E-state index in [1.807, 2.05) is 0 Å². The quantitative estimate of drug-likeness (QED) is 0.543. The molecule has 1 saturated heterocycles. The number of hydrogen-bond donors (Lipinski definition) is 1. The van der Waals surface area contributed by atoms with Crippen molar-refractivity contribution in [3.8, 4) is 0 Å². The van der Waals surface area contributed by atoms with E-state index in [2.05, 4.69) is 10.3 Å². The first-order valence-electron chi connectivity index (χ1n) is 9.28. The Bertz CT molecular complexity index is 933. The molecule has 3 rings (SSSR count). The normalized spacial score (nSPS) is 16.2. The molecule has 1 aliphatic rings. The molecule has 0 aliphatic carbocycles. The van der Waals surface area contributed by atoms with E-state index in [1.54, 1.807) is 54.4 Å². The van der Waals surface area contributed by atoms with Crippen molar-refractivity contribution in [2.45, 2.75) is 19.4 Å². The molecule has 0 radical (unpaired) electrons. The molecule has 1 aromatic carbocycles. The van der Waals surface area contributed by atoms with E-state index in [0.717, 1.165) is 6.42 Å². The average Bonchev–Trinajstić information content (AvgIpc) is 3.16. The van der Waals surface area contributed by atoms with Crippen molar-refractivity contribution < 1.29 is 14.3 Å². The number of anilines is 1. The minimum Gasteiger partial charge on any atom is -0.463 e. The Morgan fingerprint density at radius 2 is 2.17 bits per heavy atom. The monoisotopic (exact) mass is 433 g/mol. The number of nitrogens with zero attached hydrogens (tertiary/aromatic N) is 2. The van der Waals surface area contributed by atoms with Gasteiger partial charge in [-0.25, -0.2) is 9.78 Å². The lowest BCUT2D eigenvalue weighted by Gasteiger charge is -2.18. The van der Waals surface area contributed by atoms with Crippen molar-refractivity contribution in [2.24, 2.45) is 0 Å². The third kappa shape index (κ3) is 5.71. The van der Waals surface area contributed by atoms with E-state index in [-0.39, 0.29) is 11.9 Å². The van der Waals surface area contributed by atoms with E-state index in [9.17, 15) is 9.59 Å². The summed E-state index contributed by atoms with van der Waals surface area (Å²) in [6, 6.07) is 8.71. The summed E-state index contributed by atoms with van der Waals surface area (Å²) in [5.74, 6) is 0.0820. The minimum atomic E-state index is -0.416. The highest BCUT2D eigenvalue weighted by Gasteiger charge is 2.27. The summed E-state index contributed by atoms with van der Waals surface area (Å²) in [5, 5.41) is 4.27. The van der Waals surface area contributed by atoms with E-state index in [1.165, 1.54) is 6.08 Å². The number of likely N-dealkylation sites (tertiary alicyclic amines) is 1. The fourth-order valence-electron chi connectivity index (χ4n) is 3.06. The van der Waals surface area contributed by atoms with Crippen molar-refractivity contribution >= 4 is 47.0 Å².